The van der Waals surface area contributed by atoms with E-state index in [9.17, 15) is 9.59 Å². The molecule has 2 rings (SSSR count). The number of pyridine rings is 1. The molecular formula is C16H26ClN5O2. The van der Waals surface area contributed by atoms with E-state index in [0.717, 1.165) is 18.4 Å². The highest BCUT2D eigenvalue weighted by Gasteiger charge is 2.34. The highest BCUT2D eigenvalue weighted by Crippen LogP contribution is 2.17. The van der Waals surface area contributed by atoms with Gasteiger partial charge in [-0.3, -0.25) is 10.1 Å². The Morgan fingerprint density at radius 1 is 1.38 bits per heavy atom. The molecule has 2 atom stereocenters. The first-order valence-electron chi connectivity index (χ1n) is 8.02. The largest absolute Gasteiger partial charge is 0.341 e. The zero-order valence-electron chi connectivity index (χ0n) is 14.4. The van der Waals surface area contributed by atoms with Crippen molar-refractivity contribution in [3.05, 3.63) is 23.9 Å². The molecule has 0 bridgehead atoms. The van der Waals surface area contributed by atoms with Gasteiger partial charge in [-0.05, 0) is 37.0 Å². The van der Waals surface area contributed by atoms with E-state index in [1.54, 1.807) is 12.3 Å². The number of aromatic nitrogens is 1. The van der Waals surface area contributed by atoms with Crippen molar-refractivity contribution >= 4 is 30.2 Å². The summed E-state index contributed by atoms with van der Waals surface area (Å²) < 4.78 is 0. The Balaban J connectivity index is 0.00000288. The normalized spacial score (nSPS) is 16.3. The Kier molecular flexibility index (Phi) is 7.44. The van der Waals surface area contributed by atoms with Crippen LogP contribution in [0.2, 0.25) is 0 Å². The summed E-state index contributed by atoms with van der Waals surface area (Å²) in [5.41, 5.74) is 7.03. The molecule has 1 fully saturated rings. The molecule has 1 saturated heterocycles. The van der Waals surface area contributed by atoms with E-state index in [1.165, 1.54) is 10.0 Å². The number of amides is 3. The van der Waals surface area contributed by atoms with Crippen LogP contribution in [0.1, 0.15) is 32.3 Å². The molecule has 0 aliphatic carbocycles. The summed E-state index contributed by atoms with van der Waals surface area (Å²) in [7, 11) is 0. The molecule has 0 spiro atoms. The van der Waals surface area contributed by atoms with E-state index in [4.69, 9.17) is 5.73 Å². The molecule has 24 heavy (non-hydrogen) atoms. The van der Waals surface area contributed by atoms with Crippen molar-refractivity contribution < 1.29 is 9.59 Å². The molecule has 8 heteroatoms. The fourth-order valence-electron chi connectivity index (χ4n) is 2.50. The number of halogens is 1. The van der Waals surface area contributed by atoms with Gasteiger partial charge in [0.2, 0.25) is 0 Å². The molecule has 0 radical (unpaired) electrons. The van der Waals surface area contributed by atoms with Gasteiger partial charge in [0, 0.05) is 19.3 Å². The Morgan fingerprint density at radius 3 is 2.67 bits per heavy atom. The summed E-state index contributed by atoms with van der Waals surface area (Å²) in [5, 5.41) is 5.62. The molecule has 134 valence electrons. The zero-order chi connectivity index (χ0) is 17.0. The lowest BCUT2D eigenvalue weighted by atomic mass is 9.99. The second kappa shape index (κ2) is 8.84. The van der Waals surface area contributed by atoms with Crippen molar-refractivity contribution in [1.82, 2.24) is 15.0 Å². The molecule has 1 aliphatic rings. The van der Waals surface area contributed by atoms with E-state index in [2.05, 4.69) is 10.3 Å². The van der Waals surface area contributed by atoms with Gasteiger partial charge in [-0.1, -0.05) is 20.3 Å². The summed E-state index contributed by atoms with van der Waals surface area (Å²) in [4.78, 5) is 29.1. The van der Waals surface area contributed by atoms with Gasteiger partial charge in [-0.15, -0.1) is 12.4 Å². The minimum Gasteiger partial charge on any atom is -0.320 e. The molecule has 1 aromatic heterocycles. The number of nitrogens with two attached hydrogens (primary N) is 1. The highest BCUT2D eigenvalue weighted by atomic mass is 35.5. The van der Waals surface area contributed by atoms with Gasteiger partial charge in [0.15, 0.2) is 0 Å². The first-order valence-corrected chi connectivity index (χ1v) is 8.02. The summed E-state index contributed by atoms with van der Waals surface area (Å²) in [6.07, 6.45) is 3.20. The van der Waals surface area contributed by atoms with Crippen LogP contribution in [0, 0.1) is 12.8 Å². The average Bonchev–Trinajstić information content (AvgIpc) is 3.02. The maximum atomic E-state index is 12.5. The lowest BCUT2D eigenvalue weighted by molar-refractivity contribution is -0.142. The van der Waals surface area contributed by atoms with E-state index in [1.807, 2.05) is 26.8 Å². The molecule has 3 N–H and O–H groups in total. The fourth-order valence-corrected chi connectivity index (χ4v) is 2.50. The Bertz CT molecular complexity index is 583. The van der Waals surface area contributed by atoms with Crippen molar-refractivity contribution in [2.45, 2.75) is 39.7 Å². The van der Waals surface area contributed by atoms with E-state index < -0.39 is 6.04 Å². The second-order valence-corrected chi connectivity index (χ2v) is 6.00. The van der Waals surface area contributed by atoms with Crippen LogP contribution in [0.4, 0.5) is 10.6 Å². The molecule has 2 heterocycles. The number of nitrogens with zero attached hydrogens (tertiary/aromatic N) is 3. The molecule has 0 aromatic carbocycles. The third-order valence-corrected chi connectivity index (χ3v) is 4.21. The standard InChI is InChI=1S/C16H25N5O2.ClH/c1-4-12(3)14(17)15(22)20-8-5-9-21(20)16(23)19-13-10-11(2)6-7-18-13;/h6-7,10,12,14H,4-5,8-9,17H2,1-3H3,(H,18,19,23);1H. The maximum Gasteiger partial charge on any atom is 0.341 e. The number of carbonyl (C=O) groups excluding carboxylic acids is 2. The molecule has 7 nitrogen and oxygen atoms in total. The fraction of sp³-hybridized carbons (Fsp3) is 0.562. The molecule has 0 saturated carbocycles. The zero-order valence-corrected chi connectivity index (χ0v) is 15.2. The Morgan fingerprint density at radius 2 is 2.04 bits per heavy atom. The van der Waals surface area contributed by atoms with Crippen molar-refractivity contribution in [2.75, 3.05) is 18.4 Å². The van der Waals surface area contributed by atoms with E-state index in [0.29, 0.717) is 18.9 Å². The van der Waals surface area contributed by atoms with Crippen LogP contribution in [0.3, 0.4) is 0 Å². The number of hydrogen-bond acceptors (Lipinski definition) is 4. The van der Waals surface area contributed by atoms with Crippen LogP contribution in [-0.2, 0) is 4.79 Å². The lowest BCUT2D eigenvalue weighted by Gasteiger charge is -2.31. The number of rotatable bonds is 4. The van der Waals surface area contributed by atoms with E-state index in [-0.39, 0.29) is 30.3 Å². The number of aryl methyl sites for hydroxylation is 1. The van der Waals surface area contributed by atoms with Crippen LogP contribution < -0.4 is 11.1 Å². The highest BCUT2D eigenvalue weighted by molar-refractivity contribution is 5.91. The number of anilines is 1. The quantitative estimate of drug-likeness (QED) is 0.865. The average molecular weight is 356 g/mol. The summed E-state index contributed by atoms with van der Waals surface area (Å²) >= 11 is 0. The predicted molar refractivity (Wildman–Crippen MR) is 95.7 cm³/mol. The van der Waals surface area contributed by atoms with Gasteiger partial charge in [0.25, 0.3) is 5.91 Å². The number of hydrazine groups is 1. The predicted octanol–water partition coefficient (Wildman–Crippen LogP) is 2.17. The third kappa shape index (κ3) is 4.58. The second-order valence-electron chi connectivity index (χ2n) is 6.00. The lowest BCUT2D eigenvalue weighted by Crippen LogP contribution is -2.53. The molecular weight excluding hydrogens is 330 g/mol. The van der Waals surface area contributed by atoms with Crippen molar-refractivity contribution in [3.63, 3.8) is 0 Å². The number of carbonyl (C=O) groups is 2. The third-order valence-electron chi connectivity index (χ3n) is 4.21. The molecule has 2 unspecified atom stereocenters. The van der Waals surface area contributed by atoms with Gasteiger partial charge < -0.3 is 5.73 Å². The van der Waals surface area contributed by atoms with E-state index >= 15 is 0 Å². The van der Waals surface area contributed by atoms with Crippen molar-refractivity contribution in [2.24, 2.45) is 11.7 Å². The minimum atomic E-state index is -0.592. The number of nitrogens with one attached hydrogen (secondary N) is 1. The number of hydrogen-bond donors (Lipinski definition) is 2. The van der Waals surface area contributed by atoms with Gasteiger partial charge in [-0.2, -0.15) is 0 Å². The first kappa shape index (κ1) is 20.2. The van der Waals surface area contributed by atoms with Crippen molar-refractivity contribution in [1.29, 1.82) is 0 Å². The van der Waals surface area contributed by atoms with Crippen molar-refractivity contribution in [3.8, 4) is 0 Å². The number of urea groups is 1. The topological polar surface area (TPSA) is 91.6 Å². The first-order chi connectivity index (χ1) is 10.9. The molecule has 1 aliphatic heterocycles. The minimum absolute atomic E-state index is 0. The summed E-state index contributed by atoms with van der Waals surface area (Å²) in [6, 6.07) is 2.69. The summed E-state index contributed by atoms with van der Waals surface area (Å²) in [6.45, 7) is 6.87. The van der Waals surface area contributed by atoms with Crippen LogP contribution >= 0.6 is 12.4 Å². The molecule has 1 aromatic rings. The van der Waals surface area contributed by atoms with Gasteiger partial charge >= 0.3 is 6.03 Å². The maximum absolute atomic E-state index is 12.5. The Hall–Kier alpha value is -1.86. The van der Waals surface area contributed by atoms with Crippen LogP contribution in [0.25, 0.3) is 0 Å². The van der Waals surface area contributed by atoms with Crippen LogP contribution in [-0.4, -0.2) is 46.1 Å². The smallest absolute Gasteiger partial charge is 0.320 e. The SMILES string of the molecule is CCC(C)C(N)C(=O)N1CCCN1C(=O)Nc1cc(C)ccn1.Cl. The monoisotopic (exact) mass is 355 g/mol. The van der Waals surface area contributed by atoms with Gasteiger partial charge in [-0.25, -0.2) is 19.8 Å². The Labute approximate surface area is 149 Å². The van der Waals surface area contributed by atoms with Crippen LogP contribution in [0.5, 0.6) is 0 Å². The summed E-state index contributed by atoms with van der Waals surface area (Å²) in [5.74, 6) is 0.344. The van der Waals surface area contributed by atoms with Gasteiger partial charge in [0.1, 0.15) is 5.82 Å². The van der Waals surface area contributed by atoms with Gasteiger partial charge in [0.05, 0.1) is 6.04 Å². The molecule has 3 amide bonds. The van der Waals surface area contributed by atoms with Crippen LogP contribution in [0.15, 0.2) is 18.3 Å².